The van der Waals surface area contributed by atoms with Crippen LogP contribution in [0.15, 0.2) is 30.3 Å². The van der Waals surface area contributed by atoms with Gasteiger partial charge in [0.1, 0.15) is 0 Å². The first-order valence-corrected chi connectivity index (χ1v) is 6.12. The number of likely N-dealkylation sites (tertiary alicyclic amines) is 1. The molecule has 1 aliphatic rings. The molecule has 2 N–H and O–H groups in total. The maximum absolute atomic E-state index is 3.93. The zero-order valence-corrected chi connectivity index (χ0v) is 10.2. The molecule has 0 unspecified atom stereocenters. The average molecular weight is 218 g/mol. The van der Waals surface area contributed by atoms with Gasteiger partial charge >= 0.3 is 0 Å². The minimum atomic E-state index is 0.343. The maximum Gasteiger partial charge on any atom is 0.0614 e. The Hall–Kier alpha value is -0.860. The molecule has 0 aliphatic carbocycles. The van der Waals surface area contributed by atoms with Crippen molar-refractivity contribution in [1.29, 1.82) is 0 Å². The number of benzene rings is 1. The van der Waals surface area contributed by atoms with Crippen LogP contribution in [0, 0.1) is 7.05 Å². The van der Waals surface area contributed by atoms with Gasteiger partial charge in [-0.25, -0.2) is 0 Å². The van der Waals surface area contributed by atoms with Gasteiger partial charge in [0.15, 0.2) is 0 Å². The largest absolute Gasteiger partial charge is 0.478 e. The van der Waals surface area contributed by atoms with Crippen LogP contribution >= 0.6 is 0 Å². The summed E-state index contributed by atoms with van der Waals surface area (Å²) in [5.74, 6) is 0. The van der Waals surface area contributed by atoms with Crippen LogP contribution < -0.4 is 5.32 Å². The highest BCUT2D eigenvalue weighted by Crippen LogP contribution is 2.33. The van der Waals surface area contributed by atoms with E-state index in [1.54, 1.807) is 0 Å². The molecule has 0 atom stereocenters. The quantitative estimate of drug-likeness (QED) is 0.751. The third-order valence-electron chi connectivity index (χ3n) is 3.87. The topological polar surface area (TPSA) is 19.9 Å². The first-order chi connectivity index (χ1) is 7.77. The second-order valence-electron chi connectivity index (χ2n) is 4.94. The lowest BCUT2D eigenvalue weighted by molar-refractivity contribution is -0.605. The van der Waals surface area contributed by atoms with Gasteiger partial charge in [-0.15, -0.1) is 0 Å². The fourth-order valence-corrected chi connectivity index (χ4v) is 2.73. The van der Waals surface area contributed by atoms with Gasteiger partial charge in [0.2, 0.25) is 0 Å². The van der Waals surface area contributed by atoms with Crippen LogP contribution in [0.3, 0.4) is 0 Å². The molecule has 16 heavy (non-hydrogen) atoms. The van der Waals surface area contributed by atoms with Gasteiger partial charge in [-0.3, -0.25) is 0 Å². The molecule has 2 heteroatoms. The number of quaternary nitrogens is 1. The average Bonchev–Trinajstić information content (AvgIpc) is 2.34. The molecule has 0 aromatic heterocycles. The number of nitrogens with two attached hydrogens (primary N) is 1. The van der Waals surface area contributed by atoms with E-state index >= 15 is 0 Å². The molecule has 2 rings (SSSR count). The number of rotatable bonds is 3. The molecule has 88 valence electrons. The van der Waals surface area contributed by atoms with Crippen LogP contribution in [-0.4, -0.2) is 31.6 Å². The van der Waals surface area contributed by atoms with Crippen molar-refractivity contribution in [2.24, 2.45) is 0 Å². The van der Waals surface area contributed by atoms with Crippen LogP contribution in [0.25, 0.3) is 0 Å². The summed E-state index contributed by atoms with van der Waals surface area (Å²) in [6.45, 7) is 3.50. The lowest BCUT2D eigenvalue weighted by Gasteiger charge is -2.40. The van der Waals surface area contributed by atoms with Gasteiger partial charge in [-0.2, -0.15) is 7.05 Å². The molecule has 1 heterocycles. The van der Waals surface area contributed by atoms with Gasteiger partial charge < -0.3 is 10.2 Å². The Bertz CT molecular complexity index is 313. The SMILES string of the molecule is [CH2-][NH2+]CC1(c2ccccc2)CCN(C)CC1. The Morgan fingerprint density at radius 3 is 2.44 bits per heavy atom. The predicted molar refractivity (Wildman–Crippen MR) is 67.0 cm³/mol. The van der Waals surface area contributed by atoms with Crippen molar-refractivity contribution < 1.29 is 5.32 Å². The van der Waals surface area contributed by atoms with E-state index in [-0.39, 0.29) is 0 Å². The molecule has 1 aromatic carbocycles. The van der Waals surface area contributed by atoms with Gasteiger partial charge in [0.25, 0.3) is 0 Å². The van der Waals surface area contributed by atoms with Crippen LogP contribution in [0.1, 0.15) is 18.4 Å². The molecular formula is C14H22N2. The van der Waals surface area contributed by atoms with Crippen molar-refractivity contribution in [1.82, 2.24) is 4.90 Å². The summed E-state index contributed by atoms with van der Waals surface area (Å²) in [5, 5.41) is 2.08. The molecule has 1 aromatic rings. The zero-order chi connectivity index (χ0) is 11.4. The number of hydrogen-bond acceptors (Lipinski definition) is 1. The van der Waals surface area contributed by atoms with Gasteiger partial charge in [0.05, 0.1) is 6.54 Å². The Kier molecular flexibility index (Phi) is 3.62. The van der Waals surface area contributed by atoms with E-state index in [2.05, 4.69) is 54.6 Å². The van der Waals surface area contributed by atoms with E-state index in [0.717, 1.165) is 6.54 Å². The highest BCUT2D eigenvalue weighted by atomic mass is 15.1. The van der Waals surface area contributed by atoms with E-state index in [1.165, 1.54) is 31.5 Å². The van der Waals surface area contributed by atoms with E-state index in [4.69, 9.17) is 0 Å². The van der Waals surface area contributed by atoms with Crippen molar-refractivity contribution in [3.8, 4) is 0 Å². The third kappa shape index (κ3) is 2.28. The fourth-order valence-electron chi connectivity index (χ4n) is 2.73. The molecular weight excluding hydrogens is 196 g/mol. The summed E-state index contributed by atoms with van der Waals surface area (Å²) in [5.41, 5.74) is 1.83. The van der Waals surface area contributed by atoms with Crippen molar-refractivity contribution in [2.75, 3.05) is 26.7 Å². The highest BCUT2D eigenvalue weighted by molar-refractivity contribution is 5.26. The lowest BCUT2D eigenvalue weighted by atomic mass is 9.73. The van der Waals surface area contributed by atoms with Crippen molar-refractivity contribution in [2.45, 2.75) is 18.3 Å². The summed E-state index contributed by atoms with van der Waals surface area (Å²) in [4.78, 5) is 2.42. The van der Waals surface area contributed by atoms with Crippen LogP contribution in [0.4, 0.5) is 0 Å². The molecule has 0 amide bonds. The zero-order valence-electron chi connectivity index (χ0n) is 10.2. The molecule has 0 saturated carbocycles. The maximum atomic E-state index is 3.93. The van der Waals surface area contributed by atoms with Gasteiger partial charge in [-0.1, -0.05) is 30.3 Å². The normalized spacial score (nSPS) is 20.9. The summed E-state index contributed by atoms with van der Waals surface area (Å²) in [6, 6.07) is 10.9. The highest BCUT2D eigenvalue weighted by Gasteiger charge is 2.35. The summed E-state index contributed by atoms with van der Waals surface area (Å²) < 4.78 is 0. The van der Waals surface area contributed by atoms with Crippen LogP contribution in [-0.2, 0) is 5.41 Å². The van der Waals surface area contributed by atoms with Crippen molar-refractivity contribution in [3.63, 3.8) is 0 Å². The number of piperidine rings is 1. The summed E-state index contributed by atoms with van der Waals surface area (Å²) >= 11 is 0. The summed E-state index contributed by atoms with van der Waals surface area (Å²) in [6.07, 6.45) is 2.50. The fraction of sp³-hybridized carbons (Fsp3) is 0.500. The number of hydrogen-bond donors (Lipinski definition) is 1. The van der Waals surface area contributed by atoms with Crippen molar-refractivity contribution >= 4 is 0 Å². The minimum absolute atomic E-state index is 0.343. The number of nitrogens with zero attached hydrogens (tertiary/aromatic N) is 1. The van der Waals surface area contributed by atoms with Crippen molar-refractivity contribution in [3.05, 3.63) is 42.9 Å². The first kappa shape index (κ1) is 11.6. The van der Waals surface area contributed by atoms with Crippen LogP contribution in [0.2, 0.25) is 0 Å². The molecule has 0 radical (unpaired) electrons. The van der Waals surface area contributed by atoms with E-state index in [0.29, 0.717) is 5.41 Å². The molecule has 1 fully saturated rings. The predicted octanol–water partition coefficient (Wildman–Crippen LogP) is 1.00. The van der Waals surface area contributed by atoms with E-state index < -0.39 is 0 Å². The van der Waals surface area contributed by atoms with Gasteiger partial charge in [-0.05, 0) is 38.5 Å². The van der Waals surface area contributed by atoms with E-state index in [1.807, 2.05) is 0 Å². The molecule has 0 bridgehead atoms. The molecule has 1 saturated heterocycles. The third-order valence-corrected chi connectivity index (χ3v) is 3.87. The first-order valence-electron chi connectivity index (χ1n) is 6.12. The Labute approximate surface area is 98.7 Å². The standard InChI is InChI=1S/C14H22N2/c1-15-12-14(8-10-16(2)11-9-14)13-6-4-3-5-7-13/h3-7H,1,8-12,15H2,2H3. The minimum Gasteiger partial charge on any atom is -0.478 e. The Morgan fingerprint density at radius 2 is 1.88 bits per heavy atom. The van der Waals surface area contributed by atoms with E-state index in [9.17, 15) is 0 Å². The Balaban J connectivity index is 2.22. The monoisotopic (exact) mass is 218 g/mol. The lowest BCUT2D eigenvalue weighted by Crippen LogP contribution is -2.81. The Morgan fingerprint density at radius 1 is 1.25 bits per heavy atom. The summed E-state index contributed by atoms with van der Waals surface area (Å²) in [7, 11) is 6.14. The van der Waals surface area contributed by atoms with Gasteiger partial charge in [0, 0.05) is 5.41 Å². The molecule has 2 nitrogen and oxygen atoms in total. The second-order valence-corrected chi connectivity index (χ2v) is 4.94. The molecule has 0 spiro atoms. The molecule has 1 aliphatic heterocycles. The van der Waals surface area contributed by atoms with Crippen LogP contribution in [0.5, 0.6) is 0 Å². The smallest absolute Gasteiger partial charge is 0.0614 e. The second kappa shape index (κ2) is 4.98.